The van der Waals surface area contributed by atoms with Crippen LogP contribution in [0, 0.1) is 0 Å². The Kier molecular flexibility index (Phi) is 11.5. The van der Waals surface area contributed by atoms with Crippen molar-refractivity contribution in [1.82, 2.24) is 5.32 Å². The van der Waals surface area contributed by atoms with Crippen LogP contribution in [0.5, 0.6) is 5.75 Å². The van der Waals surface area contributed by atoms with Crippen LogP contribution in [0.4, 0.5) is 5.69 Å². The van der Waals surface area contributed by atoms with Crippen molar-refractivity contribution in [2.45, 2.75) is 26.2 Å². The number of nitrogens with zero attached hydrogens (tertiary/aromatic N) is 1. The van der Waals surface area contributed by atoms with E-state index in [2.05, 4.69) is 22.5 Å². The average molecular weight is 337 g/mol. The average Bonchev–Trinajstić information content (AvgIpc) is 2.61. The third kappa shape index (κ3) is 9.37. The van der Waals surface area contributed by atoms with Crippen LogP contribution in [0.25, 0.3) is 0 Å². The molecule has 0 heterocycles. The molecule has 0 saturated carbocycles. The fourth-order valence-electron chi connectivity index (χ4n) is 1.96. The minimum absolute atomic E-state index is 0.638. The van der Waals surface area contributed by atoms with Gasteiger partial charge in [0.15, 0.2) is 5.96 Å². The summed E-state index contributed by atoms with van der Waals surface area (Å²) in [5.41, 5.74) is 0.930. The molecular formula is C18H31N3O3. The number of rotatable bonds is 12. The lowest BCUT2D eigenvalue weighted by Gasteiger charge is -2.13. The van der Waals surface area contributed by atoms with Crippen molar-refractivity contribution < 1.29 is 14.2 Å². The Balaban J connectivity index is 2.34. The number of guanidine groups is 1. The largest absolute Gasteiger partial charge is 0.493 e. The summed E-state index contributed by atoms with van der Waals surface area (Å²) in [5.74, 6) is 1.54. The Morgan fingerprint density at radius 2 is 2.00 bits per heavy atom. The lowest BCUT2D eigenvalue weighted by atomic mass is 10.3. The molecule has 6 heteroatoms. The number of unbranched alkanes of at least 4 members (excludes halogenated alkanes) is 1. The van der Waals surface area contributed by atoms with Gasteiger partial charge in [-0.2, -0.15) is 0 Å². The zero-order chi connectivity index (χ0) is 17.5. The second-order valence-corrected chi connectivity index (χ2v) is 5.31. The number of hydrogen-bond acceptors (Lipinski definition) is 4. The maximum Gasteiger partial charge on any atom is 0.195 e. The minimum atomic E-state index is 0.638. The number of hydrogen-bond donors (Lipinski definition) is 2. The molecule has 1 rings (SSSR count). The topological polar surface area (TPSA) is 64.1 Å². The molecule has 0 bridgehead atoms. The Morgan fingerprint density at radius 1 is 1.12 bits per heavy atom. The van der Waals surface area contributed by atoms with E-state index in [0.717, 1.165) is 43.9 Å². The molecular weight excluding hydrogens is 306 g/mol. The van der Waals surface area contributed by atoms with Crippen molar-refractivity contribution in [1.29, 1.82) is 0 Å². The van der Waals surface area contributed by atoms with Gasteiger partial charge in [0, 0.05) is 52.1 Å². The van der Waals surface area contributed by atoms with Gasteiger partial charge in [-0.25, -0.2) is 0 Å². The maximum atomic E-state index is 5.70. The lowest BCUT2D eigenvalue weighted by molar-refractivity contribution is 0.136. The molecule has 0 aromatic heterocycles. The molecule has 0 aliphatic heterocycles. The van der Waals surface area contributed by atoms with Gasteiger partial charge in [0.05, 0.1) is 13.2 Å². The van der Waals surface area contributed by atoms with E-state index in [0.29, 0.717) is 25.8 Å². The number of aliphatic imine (C=N–C) groups is 1. The second-order valence-electron chi connectivity index (χ2n) is 5.31. The summed E-state index contributed by atoms with van der Waals surface area (Å²) in [6.07, 6.45) is 3.13. The first-order chi connectivity index (χ1) is 11.8. The van der Waals surface area contributed by atoms with E-state index in [1.807, 2.05) is 24.3 Å². The van der Waals surface area contributed by atoms with Crippen LogP contribution in [0.15, 0.2) is 29.3 Å². The number of nitrogens with one attached hydrogen (secondary N) is 2. The van der Waals surface area contributed by atoms with Crippen molar-refractivity contribution in [3.8, 4) is 5.75 Å². The molecule has 2 N–H and O–H groups in total. The third-order valence-corrected chi connectivity index (χ3v) is 3.26. The molecule has 0 aliphatic carbocycles. The summed E-state index contributed by atoms with van der Waals surface area (Å²) in [5, 5.41) is 6.48. The third-order valence-electron chi connectivity index (χ3n) is 3.26. The van der Waals surface area contributed by atoms with Crippen molar-refractivity contribution in [2.75, 3.05) is 52.4 Å². The predicted octanol–water partition coefficient (Wildman–Crippen LogP) is 2.91. The smallest absolute Gasteiger partial charge is 0.195 e. The molecule has 0 spiro atoms. The van der Waals surface area contributed by atoms with Crippen molar-refractivity contribution in [3.05, 3.63) is 24.3 Å². The highest BCUT2D eigenvalue weighted by atomic mass is 16.5. The zero-order valence-corrected chi connectivity index (χ0v) is 15.1. The van der Waals surface area contributed by atoms with E-state index in [1.165, 1.54) is 0 Å². The van der Waals surface area contributed by atoms with Crippen molar-refractivity contribution >= 4 is 11.6 Å². The van der Waals surface area contributed by atoms with E-state index >= 15 is 0 Å². The Hall–Kier alpha value is -1.79. The van der Waals surface area contributed by atoms with Gasteiger partial charge < -0.3 is 24.8 Å². The summed E-state index contributed by atoms with van der Waals surface area (Å²) >= 11 is 0. The number of benzene rings is 1. The van der Waals surface area contributed by atoms with Crippen LogP contribution >= 0.6 is 0 Å². The summed E-state index contributed by atoms with van der Waals surface area (Å²) in [4.78, 5) is 4.21. The monoisotopic (exact) mass is 337 g/mol. The van der Waals surface area contributed by atoms with E-state index in [9.17, 15) is 0 Å². The van der Waals surface area contributed by atoms with Gasteiger partial charge >= 0.3 is 0 Å². The van der Waals surface area contributed by atoms with Gasteiger partial charge in [0.1, 0.15) is 5.75 Å². The van der Waals surface area contributed by atoms with E-state index < -0.39 is 0 Å². The molecule has 0 unspecified atom stereocenters. The van der Waals surface area contributed by atoms with Gasteiger partial charge in [0.25, 0.3) is 0 Å². The highest BCUT2D eigenvalue weighted by Crippen LogP contribution is 2.17. The van der Waals surface area contributed by atoms with Gasteiger partial charge in [-0.3, -0.25) is 4.99 Å². The first-order valence-corrected chi connectivity index (χ1v) is 8.57. The molecule has 0 amide bonds. The van der Waals surface area contributed by atoms with Crippen LogP contribution in [-0.4, -0.2) is 53.1 Å². The maximum absolute atomic E-state index is 5.70. The summed E-state index contributed by atoms with van der Waals surface area (Å²) in [6.45, 7) is 5.70. The molecule has 24 heavy (non-hydrogen) atoms. The molecule has 6 nitrogen and oxygen atoms in total. The highest BCUT2D eigenvalue weighted by molar-refractivity contribution is 5.93. The van der Waals surface area contributed by atoms with Gasteiger partial charge in [0.2, 0.25) is 0 Å². The SMILES string of the molecule is CCCCOCCNC(=NC)Nc1cccc(OCCCOC)c1. The van der Waals surface area contributed by atoms with Crippen molar-refractivity contribution in [3.63, 3.8) is 0 Å². The molecule has 1 aromatic carbocycles. The standard InChI is InChI=1S/C18H31N3O3/c1-4-5-12-23-14-10-20-18(19-2)21-16-8-6-9-17(15-16)24-13-7-11-22-3/h6,8-9,15H,4-5,7,10-14H2,1-3H3,(H2,19,20,21). The van der Waals surface area contributed by atoms with Crippen LogP contribution in [-0.2, 0) is 9.47 Å². The van der Waals surface area contributed by atoms with Crippen LogP contribution in [0.2, 0.25) is 0 Å². The fraction of sp³-hybridized carbons (Fsp3) is 0.611. The van der Waals surface area contributed by atoms with Gasteiger partial charge in [-0.1, -0.05) is 19.4 Å². The number of methoxy groups -OCH3 is 1. The molecule has 0 radical (unpaired) electrons. The highest BCUT2D eigenvalue weighted by Gasteiger charge is 2.01. The minimum Gasteiger partial charge on any atom is -0.493 e. The predicted molar refractivity (Wildman–Crippen MR) is 99.1 cm³/mol. The summed E-state index contributed by atoms with van der Waals surface area (Å²) in [6, 6.07) is 7.83. The van der Waals surface area contributed by atoms with Crippen LogP contribution in [0.3, 0.4) is 0 Å². The van der Waals surface area contributed by atoms with E-state index in [1.54, 1.807) is 14.2 Å². The number of ether oxygens (including phenoxy) is 3. The van der Waals surface area contributed by atoms with E-state index in [-0.39, 0.29) is 0 Å². The zero-order valence-electron chi connectivity index (χ0n) is 15.1. The Morgan fingerprint density at radius 3 is 2.75 bits per heavy atom. The van der Waals surface area contributed by atoms with E-state index in [4.69, 9.17) is 14.2 Å². The first-order valence-electron chi connectivity index (χ1n) is 8.57. The lowest BCUT2D eigenvalue weighted by Crippen LogP contribution is -2.33. The summed E-state index contributed by atoms with van der Waals surface area (Å²) in [7, 11) is 3.44. The quantitative estimate of drug-likeness (QED) is 0.349. The molecule has 1 aromatic rings. The van der Waals surface area contributed by atoms with Gasteiger partial charge in [-0.15, -0.1) is 0 Å². The molecule has 136 valence electrons. The Bertz CT molecular complexity index is 467. The number of anilines is 1. The molecule has 0 saturated heterocycles. The first kappa shape index (κ1) is 20.3. The summed E-state index contributed by atoms with van der Waals surface area (Å²) < 4.78 is 16.2. The van der Waals surface area contributed by atoms with Gasteiger partial charge in [-0.05, 0) is 18.6 Å². The normalized spacial score (nSPS) is 11.4. The second kappa shape index (κ2) is 13.6. The fourth-order valence-corrected chi connectivity index (χ4v) is 1.96. The van der Waals surface area contributed by atoms with Crippen LogP contribution < -0.4 is 15.4 Å². The van der Waals surface area contributed by atoms with Crippen LogP contribution in [0.1, 0.15) is 26.2 Å². The molecule has 0 fully saturated rings. The Labute approximate surface area is 145 Å². The molecule has 0 aliphatic rings. The van der Waals surface area contributed by atoms with Crippen molar-refractivity contribution in [2.24, 2.45) is 4.99 Å². The molecule has 0 atom stereocenters.